The second-order valence-electron chi connectivity index (χ2n) is 13.4. The zero-order chi connectivity index (χ0) is 38.9. The highest BCUT2D eigenvalue weighted by molar-refractivity contribution is 7.99. The van der Waals surface area contributed by atoms with E-state index in [9.17, 15) is 0 Å². The van der Waals surface area contributed by atoms with E-state index >= 15 is 0 Å². The van der Waals surface area contributed by atoms with Gasteiger partial charge in [-0.1, -0.05) is 35.7 Å². The van der Waals surface area contributed by atoms with Crippen LogP contribution in [-0.4, -0.2) is 24.9 Å². The monoisotopic (exact) mass is 797 g/mol. The molecule has 0 radical (unpaired) electrons. The number of aryl methyl sites for hydroxylation is 2. The molecule has 9 aromatic rings. The van der Waals surface area contributed by atoms with Gasteiger partial charge in [-0.3, -0.25) is 0 Å². The van der Waals surface area contributed by atoms with E-state index in [0.717, 1.165) is 97.7 Å². The highest BCUT2D eigenvalue weighted by Crippen LogP contribution is 2.42. The molecule has 9 rings (SSSR count). The minimum absolute atomic E-state index is 0.698. The van der Waals surface area contributed by atoms with Gasteiger partial charge in [-0.05, 0) is 123 Å². The third kappa shape index (κ3) is 7.96. The summed E-state index contributed by atoms with van der Waals surface area (Å²) in [7, 11) is 0. The van der Waals surface area contributed by atoms with E-state index in [1.807, 2.05) is 86.6 Å². The number of nitrogens with two attached hydrogens (primary N) is 2. The Hall–Kier alpha value is -6.47. The highest BCUT2D eigenvalue weighted by Gasteiger charge is 2.16. The van der Waals surface area contributed by atoms with Crippen LogP contribution in [0.2, 0.25) is 0 Å². The molecule has 6 N–H and O–H groups in total. The van der Waals surface area contributed by atoms with Crippen LogP contribution in [0.25, 0.3) is 43.9 Å². The van der Waals surface area contributed by atoms with Crippen LogP contribution in [-0.2, 0) is 0 Å². The predicted molar refractivity (Wildman–Crippen MR) is 238 cm³/mol. The smallest absolute Gasteiger partial charge is 0.161 e. The summed E-state index contributed by atoms with van der Waals surface area (Å²) in [6.45, 7) is 3.95. The lowest BCUT2D eigenvalue weighted by molar-refractivity contribution is 1.20. The summed E-state index contributed by atoms with van der Waals surface area (Å²) >= 11 is 4.96. The molecule has 0 aliphatic carbocycles. The third-order valence-electron chi connectivity index (χ3n) is 9.25. The summed E-state index contributed by atoms with van der Waals surface area (Å²) in [6, 6.07) is 40.8. The number of hydrogen-bond acceptors (Lipinski definition) is 12. The van der Waals surface area contributed by atoms with Crippen LogP contribution in [0, 0.1) is 13.8 Å². The Morgan fingerprint density at radius 1 is 0.509 bits per heavy atom. The van der Waals surface area contributed by atoms with E-state index in [1.54, 1.807) is 47.3 Å². The number of nitrogens with one attached hydrogen (secondary N) is 2. The van der Waals surface area contributed by atoms with Crippen molar-refractivity contribution in [2.24, 2.45) is 0 Å². The summed E-state index contributed by atoms with van der Waals surface area (Å²) in [6.07, 6.45) is 3.58. The van der Waals surface area contributed by atoms with Crippen LogP contribution in [0.15, 0.2) is 159 Å². The van der Waals surface area contributed by atoms with E-state index in [-0.39, 0.29) is 0 Å². The summed E-state index contributed by atoms with van der Waals surface area (Å²) in [4.78, 5) is 27.8. The van der Waals surface area contributed by atoms with Gasteiger partial charge >= 0.3 is 0 Å². The molecule has 0 aliphatic rings. The van der Waals surface area contributed by atoms with Crippen molar-refractivity contribution in [2.45, 2.75) is 33.4 Å². The van der Waals surface area contributed by atoms with Gasteiger partial charge in [-0.15, -0.1) is 11.3 Å². The quantitative estimate of drug-likeness (QED) is 0.0983. The second kappa shape index (κ2) is 15.6. The van der Waals surface area contributed by atoms with Gasteiger partial charge in [0.2, 0.25) is 0 Å². The van der Waals surface area contributed by atoms with E-state index in [0.29, 0.717) is 11.3 Å². The van der Waals surface area contributed by atoms with Gasteiger partial charge in [0, 0.05) is 82.0 Å². The van der Waals surface area contributed by atoms with Gasteiger partial charge in [0.25, 0.3) is 0 Å². The van der Waals surface area contributed by atoms with E-state index in [1.165, 1.54) is 0 Å². The average Bonchev–Trinajstić information content (AvgIpc) is 3.71. The molecule has 12 heteroatoms. The summed E-state index contributed by atoms with van der Waals surface area (Å²) < 4.78 is 0. The van der Waals surface area contributed by atoms with Crippen molar-refractivity contribution in [3.63, 3.8) is 0 Å². The number of anilines is 6. The zero-order valence-electron chi connectivity index (χ0n) is 30.9. The van der Waals surface area contributed by atoms with E-state index in [2.05, 4.69) is 84.5 Å². The van der Waals surface area contributed by atoms with Crippen molar-refractivity contribution in [1.82, 2.24) is 24.9 Å². The maximum atomic E-state index is 6.00. The standard InChI is InChI=1S/C45H35N9S3/c1-26-3-15-34-36(19-21-48-43(34)50-26)52-38-23-28(5-17-41(38)56-32-11-7-30(46)8-12-32)40-25-55-45(54-40)29-6-18-42(57-33-13-9-31(47)10-14-33)39(24-29)53-37-20-22-49-44-35(37)16-4-27(2)51-44/h3-25H,46-47H2,1-2H3,(H,48,50,52)(H,49,51,53). The van der Waals surface area contributed by atoms with Crippen LogP contribution in [0.1, 0.15) is 11.4 Å². The number of thiazole rings is 1. The number of fused-ring (bicyclic) bond motifs is 2. The SMILES string of the molecule is Cc1ccc2c(Nc3cc(-c4csc(-c5ccc(Sc6ccc(N)cc6)c(Nc6ccnc7nc(C)ccc67)c5)n4)ccc3Sc3ccc(N)cc3)ccnc2n1. The number of aromatic nitrogens is 5. The summed E-state index contributed by atoms with van der Waals surface area (Å²) in [5.41, 5.74) is 23.3. The number of rotatable bonds is 10. The molecule has 57 heavy (non-hydrogen) atoms. The first-order valence-corrected chi connectivity index (χ1v) is 20.6. The summed E-state index contributed by atoms with van der Waals surface area (Å²) in [5, 5.41) is 12.3. The Morgan fingerprint density at radius 2 is 1.00 bits per heavy atom. The molecule has 9 nitrogen and oxygen atoms in total. The Bertz CT molecular complexity index is 2720. The second-order valence-corrected chi connectivity index (χ2v) is 16.5. The Labute approximate surface area is 342 Å². The predicted octanol–water partition coefficient (Wildman–Crippen LogP) is 11.9. The Morgan fingerprint density at radius 3 is 1.53 bits per heavy atom. The van der Waals surface area contributed by atoms with Crippen molar-refractivity contribution in [3.8, 4) is 21.8 Å². The molecule has 0 saturated heterocycles. The maximum Gasteiger partial charge on any atom is 0.161 e. The van der Waals surface area contributed by atoms with E-state index in [4.69, 9.17) is 16.5 Å². The number of benzene rings is 4. The van der Waals surface area contributed by atoms with Crippen molar-refractivity contribution in [1.29, 1.82) is 0 Å². The summed E-state index contributed by atoms with van der Waals surface area (Å²) in [5.74, 6) is 0. The van der Waals surface area contributed by atoms with Crippen LogP contribution >= 0.6 is 34.9 Å². The fraction of sp³-hybridized carbons (Fsp3) is 0.0444. The molecule has 0 fully saturated rings. The minimum Gasteiger partial charge on any atom is -0.399 e. The van der Waals surface area contributed by atoms with Gasteiger partial charge in [0.1, 0.15) is 5.01 Å². The van der Waals surface area contributed by atoms with Gasteiger partial charge in [-0.2, -0.15) is 0 Å². The molecular formula is C45H35N9S3. The van der Waals surface area contributed by atoms with Crippen LogP contribution < -0.4 is 22.1 Å². The lowest BCUT2D eigenvalue weighted by Crippen LogP contribution is -1.97. The largest absolute Gasteiger partial charge is 0.399 e. The third-order valence-corrected chi connectivity index (χ3v) is 12.3. The number of pyridine rings is 4. The highest BCUT2D eigenvalue weighted by atomic mass is 32.2. The van der Waals surface area contributed by atoms with Crippen molar-refractivity contribution < 1.29 is 0 Å². The molecule has 4 aromatic carbocycles. The number of nitrogens with zero attached hydrogens (tertiary/aromatic N) is 5. The van der Waals surface area contributed by atoms with Crippen LogP contribution in [0.4, 0.5) is 34.1 Å². The molecule has 0 aliphatic heterocycles. The number of nitrogen functional groups attached to an aromatic ring is 2. The van der Waals surface area contributed by atoms with Crippen LogP contribution in [0.3, 0.4) is 0 Å². The van der Waals surface area contributed by atoms with Gasteiger partial charge in [0.15, 0.2) is 11.3 Å². The molecule has 0 bridgehead atoms. The lowest BCUT2D eigenvalue weighted by Gasteiger charge is -2.15. The van der Waals surface area contributed by atoms with Gasteiger partial charge < -0.3 is 22.1 Å². The molecule has 0 unspecified atom stereocenters. The minimum atomic E-state index is 0.698. The van der Waals surface area contributed by atoms with E-state index < -0.39 is 0 Å². The average molecular weight is 798 g/mol. The molecule has 0 saturated carbocycles. The normalized spacial score (nSPS) is 11.3. The first kappa shape index (κ1) is 36.2. The molecule has 278 valence electrons. The number of hydrogen-bond donors (Lipinski definition) is 4. The molecule has 0 spiro atoms. The molecule has 5 heterocycles. The fourth-order valence-corrected chi connectivity index (χ4v) is 8.94. The van der Waals surface area contributed by atoms with Crippen LogP contribution in [0.5, 0.6) is 0 Å². The molecule has 5 aromatic heterocycles. The molecular weight excluding hydrogens is 763 g/mol. The first-order chi connectivity index (χ1) is 27.8. The van der Waals surface area contributed by atoms with Crippen molar-refractivity contribution in [3.05, 3.63) is 150 Å². The lowest BCUT2D eigenvalue weighted by atomic mass is 10.1. The topological polar surface area (TPSA) is 141 Å². The first-order valence-electron chi connectivity index (χ1n) is 18.1. The van der Waals surface area contributed by atoms with Gasteiger partial charge in [-0.25, -0.2) is 24.9 Å². The maximum absolute atomic E-state index is 6.00. The van der Waals surface area contributed by atoms with Crippen molar-refractivity contribution in [2.75, 3.05) is 22.1 Å². The zero-order valence-corrected chi connectivity index (χ0v) is 33.3. The Balaban J connectivity index is 1.07. The van der Waals surface area contributed by atoms with Crippen molar-refractivity contribution >= 4 is 91.1 Å². The fourth-order valence-electron chi connectivity index (χ4n) is 6.35. The molecule has 0 atom stereocenters. The molecule has 0 amide bonds. The Kier molecular flexibility index (Phi) is 9.89. The van der Waals surface area contributed by atoms with Gasteiger partial charge in [0.05, 0.1) is 28.4 Å².